The molecule has 0 N–H and O–H groups in total. The average Bonchev–Trinajstić information content (AvgIpc) is 2.45. The first-order valence-electron chi connectivity index (χ1n) is 7.53. The van der Waals surface area contributed by atoms with Gasteiger partial charge in [-0.3, -0.25) is 4.99 Å². The van der Waals surface area contributed by atoms with Gasteiger partial charge in [0.15, 0.2) is 0 Å². The summed E-state index contributed by atoms with van der Waals surface area (Å²) in [6.07, 6.45) is 4.22. The number of hydrogen-bond donors (Lipinski definition) is 0. The van der Waals surface area contributed by atoms with E-state index in [9.17, 15) is 0 Å². The van der Waals surface area contributed by atoms with Crippen LogP contribution < -0.4 is 0 Å². The molecule has 1 aliphatic heterocycles. The molecule has 3 aromatic carbocycles. The fourth-order valence-corrected chi connectivity index (χ4v) is 3.66. The van der Waals surface area contributed by atoms with Crippen LogP contribution in [0.4, 0.5) is 0 Å². The summed E-state index contributed by atoms with van der Waals surface area (Å²) >= 11 is 0. The summed E-state index contributed by atoms with van der Waals surface area (Å²) in [6.45, 7) is 2.16. The molecular formula is C20H15N. The second-order valence-corrected chi connectivity index (χ2v) is 6.13. The monoisotopic (exact) mass is 269 g/mol. The van der Waals surface area contributed by atoms with Gasteiger partial charge in [-0.05, 0) is 64.6 Å². The van der Waals surface area contributed by atoms with E-state index >= 15 is 0 Å². The van der Waals surface area contributed by atoms with E-state index in [1.54, 1.807) is 0 Å². The smallest absolute Gasteiger partial charge is 0.0501 e. The summed E-state index contributed by atoms with van der Waals surface area (Å²) < 4.78 is 0. The van der Waals surface area contributed by atoms with Crippen LogP contribution in [0.1, 0.15) is 23.1 Å². The molecule has 1 heteroatoms. The van der Waals surface area contributed by atoms with Crippen molar-refractivity contribution in [3.63, 3.8) is 0 Å². The molecule has 21 heavy (non-hydrogen) atoms. The molecule has 0 fully saturated rings. The Morgan fingerprint density at radius 1 is 0.857 bits per heavy atom. The zero-order valence-corrected chi connectivity index (χ0v) is 12.0. The van der Waals surface area contributed by atoms with E-state index in [2.05, 4.69) is 54.4 Å². The number of nitrogens with zero attached hydrogens (tertiary/aromatic N) is 1. The number of allylic oxidation sites excluding steroid dienone is 1. The lowest BCUT2D eigenvalue weighted by Gasteiger charge is -2.26. The van der Waals surface area contributed by atoms with Gasteiger partial charge in [0.05, 0.1) is 5.71 Å². The van der Waals surface area contributed by atoms with Crippen molar-refractivity contribution in [2.24, 2.45) is 4.99 Å². The normalized spacial score (nSPS) is 16.0. The Labute approximate surface area is 123 Å². The van der Waals surface area contributed by atoms with Crippen molar-refractivity contribution in [1.82, 2.24) is 0 Å². The van der Waals surface area contributed by atoms with Gasteiger partial charge in [-0.1, -0.05) is 35.9 Å². The lowest BCUT2D eigenvalue weighted by atomic mass is 9.81. The zero-order valence-electron chi connectivity index (χ0n) is 12.0. The Hall–Kier alpha value is -2.41. The molecule has 1 aliphatic carbocycles. The summed E-state index contributed by atoms with van der Waals surface area (Å²) in [5.74, 6) is 0. The van der Waals surface area contributed by atoms with E-state index in [1.807, 2.05) is 6.20 Å². The van der Waals surface area contributed by atoms with Crippen molar-refractivity contribution in [2.45, 2.75) is 19.8 Å². The van der Waals surface area contributed by atoms with Crippen LogP contribution in [-0.2, 0) is 6.42 Å². The molecule has 0 bridgehead atoms. The Morgan fingerprint density at radius 2 is 1.76 bits per heavy atom. The summed E-state index contributed by atoms with van der Waals surface area (Å²) in [4.78, 5) is 4.39. The Bertz CT molecular complexity index is 990. The van der Waals surface area contributed by atoms with E-state index in [0.717, 1.165) is 12.8 Å². The molecule has 0 amide bonds. The number of rotatable bonds is 0. The van der Waals surface area contributed by atoms with Crippen LogP contribution in [0, 0.1) is 6.92 Å². The first kappa shape index (κ1) is 11.3. The predicted octanol–water partition coefficient (Wildman–Crippen LogP) is 5.04. The molecule has 100 valence electrons. The second kappa shape index (κ2) is 3.82. The Balaban J connectivity index is 1.87. The van der Waals surface area contributed by atoms with Gasteiger partial charge in [0.25, 0.3) is 0 Å². The van der Waals surface area contributed by atoms with Crippen molar-refractivity contribution < 1.29 is 0 Å². The molecule has 0 radical (unpaired) electrons. The maximum absolute atomic E-state index is 4.39. The number of benzene rings is 3. The highest BCUT2D eigenvalue weighted by molar-refractivity contribution is 6.30. The standard InChI is InChI=1S/C20H15N/c1-12-2-3-13-9-14-4-5-17-16(18(14)10-15(13)8-12)6-7-20-19(17)11-21-20/h2-5,8-11H,6-7H2,1H3. The minimum absolute atomic E-state index is 1.09. The minimum atomic E-state index is 1.09. The van der Waals surface area contributed by atoms with Gasteiger partial charge in [-0.25, -0.2) is 0 Å². The van der Waals surface area contributed by atoms with Gasteiger partial charge in [0.1, 0.15) is 0 Å². The van der Waals surface area contributed by atoms with Crippen molar-refractivity contribution in [3.8, 4) is 0 Å². The molecular weight excluding hydrogens is 254 g/mol. The maximum atomic E-state index is 4.39. The first-order chi connectivity index (χ1) is 10.3. The lowest BCUT2D eigenvalue weighted by molar-refractivity contribution is 1.02. The molecule has 5 rings (SSSR count). The first-order valence-corrected chi connectivity index (χ1v) is 7.53. The van der Waals surface area contributed by atoms with Gasteiger partial charge < -0.3 is 0 Å². The predicted molar refractivity (Wildman–Crippen MR) is 89.9 cm³/mol. The average molecular weight is 269 g/mol. The van der Waals surface area contributed by atoms with Crippen LogP contribution in [0.5, 0.6) is 0 Å². The van der Waals surface area contributed by atoms with Crippen molar-refractivity contribution in [2.75, 3.05) is 0 Å². The van der Waals surface area contributed by atoms with Crippen LogP contribution in [0.2, 0.25) is 0 Å². The topological polar surface area (TPSA) is 12.4 Å². The van der Waals surface area contributed by atoms with Crippen LogP contribution in [-0.4, -0.2) is 5.71 Å². The summed E-state index contributed by atoms with van der Waals surface area (Å²) in [6, 6.07) is 15.9. The third kappa shape index (κ3) is 1.49. The highest BCUT2D eigenvalue weighted by atomic mass is 14.8. The number of aryl methyl sites for hydroxylation is 2. The molecule has 0 saturated heterocycles. The summed E-state index contributed by atoms with van der Waals surface area (Å²) in [5, 5.41) is 5.44. The second-order valence-electron chi connectivity index (χ2n) is 6.13. The van der Waals surface area contributed by atoms with Crippen LogP contribution in [0.3, 0.4) is 0 Å². The zero-order chi connectivity index (χ0) is 14.0. The fraction of sp³-hybridized carbons (Fsp3) is 0.150. The molecule has 0 aromatic heterocycles. The molecule has 2 aliphatic rings. The van der Waals surface area contributed by atoms with Crippen molar-refractivity contribution in [1.29, 1.82) is 0 Å². The quantitative estimate of drug-likeness (QED) is 0.507. The molecule has 3 aromatic rings. The van der Waals surface area contributed by atoms with Gasteiger partial charge in [-0.2, -0.15) is 0 Å². The van der Waals surface area contributed by atoms with E-state index < -0.39 is 0 Å². The van der Waals surface area contributed by atoms with Crippen LogP contribution >= 0.6 is 0 Å². The molecule has 0 atom stereocenters. The molecule has 0 saturated carbocycles. The van der Waals surface area contributed by atoms with Gasteiger partial charge in [0, 0.05) is 11.8 Å². The van der Waals surface area contributed by atoms with Gasteiger partial charge >= 0.3 is 0 Å². The maximum Gasteiger partial charge on any atom is 0.0501 e. The van der Waals surface area contributed by atoms with Gasteiger partial charge in [-0.15, -0.1) is 0 Å². The third-order valence-electron chi connectivity index (χ3n) is 4.81. The lowest BCUT2D eigenvalue weighted by Crippen LogP contribution is -2.17. The number of aliphatic imine (C=N–C) groups is 1. The number of hydrogen-bond acceptors (Lipinski definition) is 1. The van der Waals surface area contributed by atoms with E-state index in [1.165, 1.54) is 49.5 Å². The largest absolute Gasteiger partial charge is 0.260 e. The highest BCUT2D eigenvalue weighted by Gasteiger charge is 2.24. The molecule has 0 spiro atoms. The number of fused-ring (bicyclic) bond motifs is 6. The van der Waals surface area contributed by atoms with Crippen LogP contribution in [0.15, 0.2) is 53.7 Å². The summed E-state index contributed by atoms with van der Waals surface area (Å²) in [5.41, 5.74) is 6.87. The molecule has 1 heterocycles. The third-order valence-corrected chi connectivity index (χ3v) is 4.81. The molecule has 1 nitrogen and oxygen atoms in total. The van der Waals surface area contributed by atoms with E-state index in [4.69, 9.17) is 0 Å². The Kier molecular flexibility index (Phi) is 2.05. The summed E-state index contributed by atoms with van der Waals surface area (Å²) in [7, 11) is 0. The van der Waals surface area contributed by atoms with E-state index in [0.29, 0.717) is 0 Å². The SMILES string of the molecule is Cc1ccc2cc3ccc4c(c3cc2c1)CCC1=NC=C14. The van der Waals surface area contributed by atoms with Crippen LogP contribution in [0.25, 0.3) is 27.1 Å². The van der Waals surface area contributed by atoms with E-state index in [-0.39, 0.29) is 0 Å². The van der Waals surface area contributed by atoms with Crippen molar-refractivity contribution in [3.05, 3.63) is 65.4 Å². The highest BCUT2D eigenvalue weighted by Crippen LogP contribution is 2.38. The minimum Gasteiger partial charge on any atom is -0.260 e. The van der Waals surface area contributed by atoms with Gasteiger partial charge in [0.2, 0.25) is 0 Å². The molecule has 0 unspecified atom stereocenters. The van der Waals surface area contributed by atoms with Crippen molar-refractivity contribution >= 4 is 32.8 Å². The fourth-order valence-electron chi connectivity index (χ4n) is 3.66. The Morgan fingerprint density at radius 3 is 2.62 bits per heavy atom.